The van der Waals surface area contributed by atoms with E-state index in [9.17, 15) is 4.79 Å². The number of allylic oxidation sites excluding steroid dienone is 10. The zero-order valence-electron chi connectivity index (χ0n) is 17.2. The van der Waals surface area contributed by atoms with Crippen molar-refractivity contribution in [2.45, 2.75) is 76.9 Å². The van der Waals surface area contributed by atoms with Crippen LogP contribution in [0.2, 0.25) is 0 Å². The first-order valence-corrected chi connectivity index (χ1v) is 11.4. The lowest BCUT2D eigenvalue weighted by Crippen LogP contribution is -2.15. The molecule has 1 N–H and O–H groups in total. The molecule has 3 heteroatoms. The molecule has 0 aliphatic carbocycles. The van der Waals surface area contributed by atoms with Crippen LogP contribution in [0.15, 0.2) is 60.8 Å². The Hall–Kier alpha value is -1.48. The molecule has 0 spiro atoms. The smallest absolute Gasteiger partial charge is 0.316 e. The Morgan fingerprint density at radius 3 is 1.70 bits per heavy atom. The minimum Gasteiger partial charge on any atom is -0.480 e. The molecule has 0 aromatic heterocycles. The molecular formula is C24H38O2S. The van der Waals surface area contributed by atoms with Crippen LogP contribution in [0.3, 0.4) is 0 Å². The number of rotatable bonds is 17. The fraction of sp³-hybridized carbons (Fsp3) is 0.542. The number of carboxylic acid groups (broad SMARTS) is 1. The van der Waals surface area contributed by atoms with Crippen LogP contribution in [-0.4, -0.2) is 22.1 Å². The maximum absolute atomic E-state index is 10.9. The number of unbranched alkanes of at least 4 members (excludes halogenated alkanes) is 2. The monoisotopic (exact) mass is 390 g/mol. The van der Waals surface area contributed by atoms with E-state index in [1.807, 2.05) is 6.92 Å². The van der Waals surface area contributed by atoms with Gasteiger partial charge in [0, 0.05) is 0 Å². The number of hydrogen-bond donors (Lipinski definition) is 1. The quantitative estimate of drug-likeness (QED) is 0.206. The van der Waals surface area contributed by atoms with E-state index in [2.05, 4.69) is 67.7 Å². The van der Waals surface area contributed by atoms with E-state index in [0.717, 1.165) is 57.1 Å². The van der Waals surface area contributed by atoms with Crippen LogP contribution in [0.1, 0.15) is 71.6 Å². The number of hydrogen-bond acceptors (Lipinski definition) is 2. The van der Waals surface area contributed by atoms with E-state index in [1.54, 1.807) is 11.8 Å². The zero-order chi connectivity index (χ0) is 20.0. The van der Waals surface area contributed by atoms with Gasteiger partial charge in [0.2, 0.25) is 0 Å². The maximum atomic E-state index is 10.9. The molecule has 0 aromatic carbocycles. The second kappa shape index (κ2) is 20.8. The highest BCUT2D eigenvalue weighted by atomic mass is 32.2. The highest BCUT2D eigenvalue weighted by Gasteiger charge is 2.14. The predicted molar refractivity (Wildman–Crippen MR) is 122 cm³/mol. The second-order valence-corrected chi connectivity index (χ2v) is 7.62. The van der Waals surface area contributed by atoms with Crippen molar-refractivity contribution < 1.29 is 9.90 Å². The normalized spacial score (nSPS) is 13.9. The van der Waals surface area contributed by atoms with Gasteiger partial charge in [0.1, 0.15) is 5.25 Å². The van der Waals surface area contributed by atoms with Crippen LogP contribution in [0.4, 0.5) is 0 Å². The lowest BCUT2D eigenvalue weighted by atomic mass is 10.2. The van der Waals surface area contributed by atoms with E-state index in [0.29, 0.717) is 6.42 Å². The van der Waals surface area contributed by atoms with Gasteiger partial charge in [-0.05, 0) is 63.5 Å². The van der Waals surface area contributed by atoms with Crippen LogP contribution in [0, 0.1) is 0 Å². The fourth-order valence-corrected chi connectivity index (χ4v) is 3.36. The van der Waals surface area contributed by atoms with E-state index >= 15 is 0 Å². The lowest BCUT2D eigenvalue weighted by Gasteiger charge is -2.08. The molecule has 0 amide bonds. The van der Waals surface area contributed by atoms with Gasteiger partial charge < -0.3 is 5.11 Å². The van der Waals surface area contributed by atoms with Gasteiger partial charge in [-0.15, -0.1) is 11.8 Å². The maximum Gasteiger partial charge on any atom is 0.316 e. The molecule has 0 aliphatic heterocycles. The summed E-state index contributed by atoms with van der Waals surface area (Å²) in [6.07, 6.45) is 31.3. The molecular weight excluding hydrogens is 352 g/mol. The molecule has 0 fully saturated rings. The number of carbonyl (C=O) groups is 1. The summed E-state index contributed by atoms with van der Waals surface area (Å²) in [6.45, 7) is 4.09. The standard InChI is InChI=1S/C24H38O2S/c1-3-5-6-7-8-9-10-11-12-13-14-15-16-17-18-19-20-21-22-27-23(4-2)24(25)26/h5-6,8-9,11-12,14-15,17-18,23H,3-4,7,10,13,16,19-22H2,1-2H3,(H,25,26). The first kappa shape index (κ1) is 25.5. The Morgan fingerprint density at radius 2 is 1.26 bits per heavy atom. The summed E-state index contributed by atoms with van der Waals surface area (Å²) < 4.78 is 0. The summed E-state index contributed by atoms with van der Waals surface area (Å²) in [5.74, 6) is 0.260. The van der Waals surface area contributed by atoms with Crippen LogP contribution in [0.25, 0.3) is 0 Å². The predicted octanol–water partition coefficient (Wildman–Crippen LogP) is 7.50. The highest BCUT2D eigenvalue weighted by molar-refractivity contribution is 8.00. The molecule has 0 rings (SSSR count). The Balaban J connectivity index is 3.51. The Kier molecular flexibility index (Phi) is 19.7. The highest BCUT2D eigenvalue weighted by Crippen LogP contribution is 2.17. The van der Waals surface area contributed by atoms with Crippen molar-refractivity contribution in [3.8, 4) is 0 Å². The fourth-order valence-electron chi connectivity index (χ4n) is 2.32. The summed E-state index contributed by atoms with van der Waals surface area (Å²) >= 11 is 1.57. The van der Waals surface area contributed by atoms with Crippen LogP contribution < -0.4 is 0 Å². The Bertz CT molecular complexity index is 487. The molecule has 0 radical (unpaired) electrons. The van der Waals surface area contributed by atoms with Crippen LogP contribution in [0.5, 0.6) is 0 Å². The van der Waals surface area contributed by atoms with Crippen molar-refractivity contribution in [1.82, 2.24) is 0 Å². The summed E-state index contributed by atoms with van der Waals surface area (Å²) in [5.41, 5.74) is 0. The molecule has 0 aliphatic rings. The first-order valence-electron chi connectivity index (χ1n) is 10.3. The van der Waals surface area contributed by atoms with Gasteiger partial charge in [0.25, 0.3) is 0 Å². The Labute approximate surface area is 171 Å². The van der Waals surface area contributed by atoms with E-state index < -0.39 is 5.97 Å². The van der Waals surface area contributed by atoms with Gasteiger partial charge in [0.05, 0.1) is 0 Å². The van der Waals surface area contributed by atoms with Crippen LogP contribution in [-0.2, 0) is 4.79 Å². The van der Waals surface area contributed by atoms with Crippen molar-refractivity contribution in [2.75, 3.05) is 5.75 Å². The van der Waals surface area contributed by atoms with E-state index in [4.69, 9.17) is 5.11 Å². The zero-order valence-corrected chi connectivity index (χ0v) is 18.0. The van der Waals surface area contributed by atoms with Gasteiger partial charge in [-0.2, -0.15) is 0 Å². The van der Waals surface area contributed by atoms with Crippen molar-refractivity contribution in [3.63, 3.8) is 0 Å². The Morgan fingerprint density at radius 1 is 0.778 bits per heavy atom. The van der Waals surface area contributed by atoms with Gasteiger partial charge >= 0.3 is 5.97 Å². The van der Waals surface area contributed by atoms with Crippen molar-refractivity contribution in [3.05, 3.63) is 60.8 Å². The number of aliphatic carboxylic acids is 1. The molecule has 0 saturated carbocycles. The van der Waals surface area contributed by atoms with E-state index in [-0.39, 0.29) is 5.25 Å². The topological polar surface area (TPSA) is 37.3 Å². The summed E-state index contributed by atoms with van der Waals surface area (Å²) in [7, 11) is 0. The van der Waals surface area contributed by atoms with Crippen molar-refractivity contribution in [2.24, 2.45) is 0 Å². The minimum absolute atomic E-state index is 0.237. The molecule has 0 saturated heterocycles. The third-order valence-corrected chi connectivity index (χ3v) is 5.35. The van der Waals surface area contributed by atoms with E-state index in [1.165, 1.54) is 0 Å². The van der Waals surface area contributed by atoms with Gasteiger partial charge in [-0.3, -0.25) is 4.79 Å². The van der Waals surface area contributed by atoms with Crippen molar-refractivity contribution >= 4 is 17.7 Å². The summed E-state index contributed by atoms with van der Waals surface area (Å²) in [6, 6.07) is 0. The molecule has 1 unspecified atom stereocenters. The third kappa shape index (κ3) is 19.1. The van der Waals surface area contributed by atoms with Gasteiger partial charge in [-0.1, -0.05) is 74.6 Å². The van der Waals surface area contributed by atoms with Crippen molar-refractivity contribution in [1.29, 1.82) is 0 Å². The van der Waals surface area contributed by atoms with Gasteiger partial charge in [-0.25, -0.2) is 0 Å². The largest absolute Gasteiger partial charge is 0.480 e. The molecule has 0 bridgehead atoms. The average molecular weight is 391 g/mol. The third-order valence-electron chi connectivity index (χ3n) is 3.89. The molecule has 152 valence electrons. The van der Waals surface area contributed by atoms with Gasteiger partial charge in [0.15, 0.2) is 0 Å². The molecule has 27 heavy (non-hydrogen) atoms. The molecule has 0 aromatic rings. The number of thioether (sulfide) groups is 1. The van der Waals surface area contributed by atoms with Crippen LogP contribution >= 0.6 is 11.8 Å². The summed E-state index contributed by atoms with van der Waals surface area (Å²) in [4.78, 5) is 10.9. The number of carboxylic acids is 1. The minimum atomic E-state index is -0.680. The molecule has 0 heterocycles. The first-order chi connectivity index (χ1) is 13.2. The molecule has 1 atom stereocenters. The molecule has 2 nitrogen and oxygen atoms in total. The average Bonchev–Trinajstić information content (AvgIpc) is 2.66. The summed E-state index contributed by atoms with van der Waals surface area (Å²) in [5, 5.41) is 8.74. The second-order valence-electron chi connectivity index (χ2n) is 6.31. The SMILES string of the molecule is CCC=CCC=CCC=CCC=CCC=CCCCCSC(CC)C(=O)O. The lowest BCUT2D eigenvalue weighted by molar-refractivity contribution is -0.136.